The summed E-state index contributed by atoms with van der Waals surface area (Å²) in [6.07, 6.45) is -0.949. The lowest BCUT2D eigenvalue weighted by Crippen LogP contribution is -2.30. The molecule has 6 nitrogen and oxygen atoms in total. The van der Waals surface area contributed by atoms with Gasteiger partial charge in [-0.25, -0.2) is 4.79 Å². The molecule has 0 saturated heterocycles. The number of aryl methyl sites for hydroxylation is 2. The monoisotopic (exact) mass is 357 g/mol. The number of rotatable bonds is 6. The van der Waals surface area contributed by atoms with Crippen LogP contribution in [-0.4, -0.2) is 32.2 Å². The minimum atomic E-state index is -0.949. The molecule has 2 aromatic rings. The molecule has 0 spiro atoms. The lowest BCUT2D eigenvalue weighted by Gasteiger charge is -2.15. The lowest BCUT2D eigenvalue weighted by molar-refractivity contribution is -0.123. The van der Waals surface area contributed by atoms with E-state index in [1.165, 1.54) is 27.2 Å². The molecule has 138 valence electrons. The lowest BCUT2D eigenvalue weighted by atomic mass is 10.1. The average molecular weight is 357 g/mol. The van der Waals surface area contributed by atoms with Gasteiger partial charge >= 0.3 is 5.97 Å². The van der Waals surface area contributed by atoms with Crippen molar-refractivity contribution in [3.8, 4) is 11.5 Å². The molecule has 0 aliphatic heterocycles. The van der Waals surface area contributed by atoms with E-state index >= 15 is 0 Å². The molecule has 0 aliphatic carbocycles. The van der Waals surface area contributed by atoms with E-state index in [9.17, 15) is 9.59 Å². The smallest absolute Gasteiger partial charge is 0.339 e. The summed E-state index contributed by atoms with van der Waals surface area (Å²) in [5.41, 5.74) is 2.93. The fourth-order valence-electron chi connectivity index (χ4n) is 2.35. The minimum absolute atomic E-state index is 0.272. The van der Waals surface area contributed by atoms with Gasteiger partial charge in [-0.15, -0.1) is 0 Å². The van der Waals surface area contributed by atoms with Gasteiger partial charge in [0.15, 0.2) is 17.6 Å². The Hall–Kier alpha value is -3.02. The molecule has 1 N–H and O–H groups in total. The fraction of sp³-hybridized carbons (Fsp3) is 0.300. The summed E-state index contributed by atoms with van der Waals surface area (Å²) in [5.74, 6) is -0.0960. The van der Waals surface area contributed by atoms with Gasteiger partial charge in [0.1, 0.15) is 0 Å². The molecule has 0 saturated carbocycles. The van der Waals surface area contributed by atoms with Gasteiger partial charge in [0.25, 0.3) is 5.91 Å². The number of nitrogens with one attached hydrogen (secondary N) is 1. The van der Waals surface area contributed by atoms with E-state index in [1.807, 2.05) is 32.0 Å². The molecule has 0 aliphatic rings. The summed E-state index contributed by atoms with van der Waals surface area (Å²) in [7, 11) is 2.99. The number of carbonyl (C=O) groups is 2. The van der Waals surface area contributed by atoms with Crippen LogP contribution in [0, 0.1) is 13.8 Å². The molecule has 1 amide bonds. The van der Waals surface area contributed by atoms with Crippen LogP contribution in [0.2, 0.25) is 0 Å². The van der Waals surface area contributed by atoms with E-state index in [0.717, 1.165) is 11.1 Å². The summed E-state index contributed by atoms with van der Waals surface area (Å²) in [6.45, 7) is 5.37. The molecule has 0 fully saturated rings. The Morgan fingerprint density at radius 2 is 1.65 bits per heavy atom. The second kappa shape index (κ2) is 8.38. The zero-order chi connectivity index (χ0) is 19.3. The zero-order valence-electron chi connectivity index (χ0n) is 15.6. The van der Waals surface area contributed by atoms with Crippen LogP contribution in [0.1, 0.15) is 28.4 Å². The molecule has 0 heterocycles. The van der Waals surface area contributed by atoms with Crippen molar-refractivity contribution in [3.63, 3.8) is 0 Å². The van der Waals surface area contributed by atoms with Gasteiger partial charge in [-0.2, -0.15) is 0 Å². The summed E-state index contributed by atoms with van der Waals surface area (Å²) in [5, 5.41) is 2.79. The third kappa shape index (κ3) is 4.53. The number of anilines is 1. The molecule has 0 bridgehead atoms. The van der Waals surface area contributed by atoms with E-state index in [1.54, 1.807) is 12.1 Å². The SMILES string of the molecule is COc1ccc(C(=O)O[C@@H](C)C(=O)Nc2cc(C)ccc2C)cc1OC. The van der Waals surface area contributed by atoms with E-state index in [2.05, 4.69) is 5.32 Å². The van der Waals surface area contributed by atoms with Gasteiger partial charge in [0.2, 0.25) is 0 Å². The molecule has 2 rings (SSSR count). The maximum atomic E-state index is 12.3. The first kappa shape index (κ1) is 19.3. The van der Waals surface area contributed by atoms with Gasteiger partial charge in [-0.1, -0.05) is 12.1 Å². The van der Waals surface area contributed by atoms with E-state index < -0.39 is 18.0 Å². The van der Waals surface area contributed by atoms with Gasteiger partial charge in [0.05, 0.1) is 19.8 Å². The molecule has 1 atom stereocenters. The quantitative estimate of drug-likeness (QED) is 0.801. The molecular weight excluding hydrogens is 334 g/mol. The Balaban J connectivity index is 2.06. The Kier molecular flexibility index (Phi) is 6.22. The summed E-state index contributed by atoms with van der Waals surface area (Å²) >= 11 is 0. The highest BCUT2D eigenvalue weighted by Gasteiger charge is 2.20. The molecule has 2 aromatic carbocycles. The second-order valence-electron chi connectivity index (χ2n) is 5.92. The largest absolute Gasteiger partial charge is 0.493 e. The molecule has 0 unspecified atom stereocenters. The third-order valence-corrected chi connectivity index (χ3v) is 3.92. The third-order valence-electron chi connectivity index (χ3n) is 3.92. The van der Waals surface area contributed by atoms with Crippen LogP contribution in [-0.2, 0) is 9.53 Å². The van der Waals surface area contributed by atoms with Gasteiger partial charge in [-0.05, 0) is 56.2 Å². The molecular formula is C20H23NO5. The van der Waals surface area contributed by atoms with Crippen LogP contribution in [0.4, 0.5) is 5.69 Å². The molecule has 26 heavy (non-hydrogen) atoms. The van der Waals surface area contributed by atoms with E-state index in [-0.39, 0.29) is 5.56 Å². The van der Waals surface area contributed by atoms with Crippen molar-refractivity contribution in [1.29, 1.82) is 0 Å². The average Bonchev–Trinajstić information content (AvgIpc) is 2.63. The number of methoxy groups -OCH3 is 2. The van der Waals surface area contributed by atoms with Gasteiger partial charge in [0, 0.05) is 5.69 Å². The first-order valence-electron chi connectivity index (χ1n) is 8.16. The normalized spacial score (nSPS) is 11.4. The summed E-state index contributed by atoms with van der Waals surface area (Å²) in [6, 6.07) is 10.4. The van der Waals surface area contributed by atoms with Crippen molar-refractivity contribution in [2.24, 2.45) is 0 Å². The van der Waals surface area contributed by atoms with Crippen LogP contribution < -0.4 is 14.8 Å². The van der Waals surface area contributed by atoms with Gasteiger partial charge < -0.3 is 19.5 Å². The van der Waals surface area contributed by atoms with Crippen molar-refractivity contribution in [1.82, 2.24) is 0 Å². The van der Waals surface area contributed by atoms with Gasteiger partial charge in [-0.3, -0.25) is 4.79 Å². The van der Waals surface area contributed by atoms with Crippen molar-refractivity contribution >= 4 is 17.6 Å². The highest BCUT2D eigenvalue weighted by molar-refractivity contribution is 5.98. The fourth-order valence-corrected chi connectivity index (χ4v) is 2.35. The number of hydrogen-bond donors (Lipinski definition) is 1. The first-order valence-corrected chi connectivity index (χ1v) is 8.16. The number of ether oxygens (including phenoxy) is 3. The highest BCUT2D eigenvalue weighted by Crippen LogP contribution is 2.28. The van der Waals surface area contributed by atoms with Crippen LogP contribution in [0.25, 0.3) is 0 Å². The van der Waals surface area contributed by atoms with Crippen LogP contribution in [0.15, 0.2) is 36.4 Å². The van der Waals surface area contributed by atoms with Crippen molar-refractivity contribution in [2.75, 3.05) is 19.5 Å². The number of benzene rings is 2. The van der Waals surface area contributed by atoms with E-state index in [4.69, 9.17) is 14.2 Å². The Labute approximate surface area is 153 Å². The van der Waals surface area contributed by atoms with Crippen molar-refractivity contribution in [3.05, 3.63) is 53.1 Å². The Morgan fingerprint density at radius 3 is 2.31 bits per heavy atom. The summed E-state index contributed by atoms with van der Waals surface area (Å²) < 4.78 is 15.6. The topological polar surface area (TPSA) is 73.9 Å². The van der Waals surface area contributed by atoms with Crippen molar-refractivity contribution < 1.29 is 23.8 Å². The van der Waals surface area contributed by atoms with E-state index in [0.29, 0.717) is 17.2 Å². The van der Waals surface area contributed by atoms with Crippen LogP contribution in [0.3, 0.4) is 0 Å². The number of carbonyl (C=O) groups excluding carboxylic acids is 2. The Bertz CT molecular complexity index is 816. The number of amides is 1. The minimum Gasteiger partial charge on any atom is -0.493 e. The van der Waals surface area contributed by atoms with Crippen molar-refractivity contribution in [2.45, 2.75) is 26.9 Å². The maximum absolute atomic E-state index is 12.3. The molecule has 0 aromatic heterocycles. The standard InChI is InChI=1S/C20H23NO5/c1-12-6-7-13(2)16(10-12)21-19(22)14(3)26-20(23)15-8-9-17(24-4)18(11-15)25-5/h6-11,14H,1-5H3,(H,21,22)/t14-/m0/s1. The highest BCUT2D eigenvalue weighted by atomic mass is 16.5. The number of esters is 1. The maximum Gasteiger partial charge on any atom is 0.339 e. The predicted octanol–water partition coefficient (Wildman–Crippen LogP) is 3.50. The predicted molar refractivity (Wildman–Crippen MR) is 99.0 cm³/mol. The van der Waals surface area contributed by atoms with Crippen LogP contribution >= 0.6 is 0 Å². The zero-order valence-corrected chi connectivity index (χ0v) is 15.6. The summed E-state index contributed by atoms with van der Waals surface area (Å²) in [4.78, 5) is 24.6. The molecule has 6 heteroatoms. The van der Waals surface area contributed by atoms with Crippen LogP contribution in [0.5, 0.6) is 11.5 Å². The molecule has 0 radical (unpaired) electrons. The first-order chi connectivity index (χ1) is 12.3. The Morgan fingerprint density at radius 1 is 0.962 bits per heavy atom. The second-order valence-corrected chi connectivity index (χ2v) is 5.92. The number of hydrogen-bond acceptors (Lipinski definition) is 5.